The fourth-order valence-corrected chi connectivity index (χ4v) is 2.86. The van der Waals surface area contributed by atoms with Gasteiger partial charge in [-0.1, -0.05) is 36.4 Å². The largest absolute Gasteiger partial charge is 0.482 e. The molecule has 0 aliphatic carbocycles. The normalized spacial score (nSPS) is 10.4. The molecule has 3 rings (SSSR count). The third kappa shape index (κ3) is 5.01. The average Bonchev–Trinajstić information content (AvgIpc) is 3.00. The molecule has 0 saturated heterocycles. The van der Waals surface area contributed by atoms with Gasteiger partial charge in [0.15, 0.2) is 13.2 Å². The van der Waals surface area contributed by atoms with Crippen molar-refractivity contribution in [2.75, 3.05) is 18.5 Å². The van der Waals surface area contributed by atoms with Crippen molar-refractivity contribution in [3.63, 3.8) is 0 Å². The number of hydrogen-bond acceptors (Lipinski definition) is 5. The van der Waals surface area contributed by atoms with Crippen molar-refractivity contribution >= 4 is 17.6 Å². The van der Waals surface area contributed by atoms with Gasteiger partial charge in [0.1, 0.15) is 5.75 Å². The van der Waals surface area contributed by atoms with Crippen LogP contribution in [0.2, 0.25) is 0 Å². The number of aryl methyl sites for hydroxylation is 2. The maximum atomic E-state index is 12.2. The minimum atomic E-state index is -0.614. The third-order valence-corrected chi connectivity index (χ3v) is 4.36. The van der Waals surface area contributed by atoms with Gasteiger partial charge in [-0.15, -0.1) is 0 Å². The number of esters is 1. The van der Waals surface area contributed by atoms with E-state index in [4.69, 9.17) is 9.47 Å². The van der Waals surface area contributed by atoms with Crippen LogP contribution in [0.5, 0.6) is 5.75 Å². The topological polar surface area (TPSA) is 82.4 Å². The van der Waals surface area contributed by atoms with Crippen LogP contribution in [0, 0.1) is 20.8 Å². The van der Waals surface area contributed by atoms with Gasteiger partial charge in [-0.25, -0.2) is 9.48 Å². The van der Waals surface area contributed by atoms with E-state index in [1.54, 1.807) is 10.7 Å². The fraction of sp³-hybridized carbons (Fsp3) is 0.227. The lowest BCUT2D eigenvalue weighted by Gasteiger charge is -2.09. The highest BCUT2D eigenvalue weighted by Crippen LogP contribution is 2.22. The molecule has 3 aromatic rings. The van der Waals surface area contributed by atoms with Gasteiger partial charge in [0.25, 0.3) is 5.91 Å². The number of rotatable bonds is 7. The monoisotopic (exact) mass is 393 g/mol. The quantitative estimate of drug-likeness (QED) is 0.623. The van der Waals surface area contributed by atoms with E-state index in [1.165, 1.54) is 0 Å². The van der Waals surface area contributed by atoms with Gasteiger partial charge in [0.05, 0.1) is 22.8 Å². The summed E-state index contributed by atoms with van der Waals surface area (Å²) in [5, 5.41) is 7.24. The number of carbonyl (C=O) groups is 2. The van der Waals surface area contributed by atoms with Gasteiger partial charge in [0, 0.05) is 0 Å². The fourth-order valence-electron chi connectivity index (χ4n) is 2.86. The van der Waals surface area contributed by atoms with Crippen LogP contribution in [-0.2, 0) is 14.3 Å². The molecule has 29 heavy (non-hydrogen) atoms. The number of hydrogen-bond donors (Lipinski definition) is 1. The maximum Gasteiger partial charge on any atom is 0.344 e. The summed E-state index contributed by atoms with van der Waals surface area (Å²) in [5.41, 5.74) is 3.88. The van der Waals surface area contributed by atoms with Crippen molar-refractivity contribution in [1.82, 2.24) is 9.78 Å². The van der Waals surface area contributed by atoms with E-state index >= 15 is 0 Å². The number of nitrogens with one attached hydrogen (secondary N) is 1. The second-order valence-electron chi connectivity index (χ2n) is 6.56. The second kappa shape index (κ2) is 9.05. The molecule has 0 spiro atoms. The van der Waals surface area contributed by atoms with Crippen molar-refractivity contribution in [1.29, 1.82) is 0 Å². The maximum absolute atomic E-state index is 12.2. The smallest absolute Gasteiger partial charge is 0.344 e. The lowest BCUT2D eigenvalue weighted by molar-refractivity contribution is -0.149. The van der Waals surface area contributed by atoms with Gasteiger partial charge in [-0.2, -0.15) is 5.10 Å². The molecule has 0 bridgehead atoms. The van der Waals surface area contributed by atoms with E-state index in [0.29, 0.717) is 17.1 Å². The minimum Gasteiger partial charge on any atom is -0.482 e. The van der Waals surface area contributed by atoms with Gasteiger partial charge < -0.3 is 14.8 Å². The minimum absolute atomic E-state index is 0.262. The Labute approximate surface area is 169 Å². The Morgan fingerprint density at radius 1 is 0.966 bits per heavy atom. The molecule has 1 amide bonds. The van der Waals surface area contributed by atoms with E-state index in [0.717, 1.165) is 16.9 Å². The Hall–Kier alpha value is -3.61. The van der Waals surface area contributed by atoms with Crippen molar-refractivity contribution in [2.45, 2.75) is 20.8 Å². The van der Waals surface area contributed by atoms with Crippen LogP contribution >= 0.6 is 0 Å². The van der Waals surface area contributed by atoms with Crippen LogP contribution in [0.1, 0.15) is 17.0 Å². The van der Waals surface area contributed by atoms with Gasteiger partial charge in [0.2, 0.25) is 0 Å². The van der Waals surface area contributed by atoms with Crippen LogP contribution in [0.15, 0.2) is 54.6 Å². The number of nitrogens with zero attached hydrogens (tertiary/aromatic N) is 2. The first kappa shape index (κ1) is 20.1. The lowest BCUT2D eigenvalue weighted by Crippen LogP contribution is -2.24. The van der Waals surface area contributed by atoms with Crippen LogP contribution in [-0.4, -0.2) is 34.9 Å². The summed E-state index contributed by atoms with van der Waals surface area (Å²) in [7, 11) is 0. The zero-order valence-corrected chi connectivity index (χ0v) is 16.6. The molecule has 7 heteroatoms. The molecule has 150 valence electrons. The Bertz CT molecular complexity index is 1010. The van der Waals surface area contributed by atoms with Crippen molar-refractivity contribution in [3.8, 4) is 11.4 Å². The number of amides is 1. The van der Waals surface area contributed by atoms with Gasteiger partial charge in [-0.3, -0.25) is 4.79 Å². The molecule has 0 aliphatic heterocycles. The Kier molecular flexibility index (Phi) is 6.29. The summed E-state index contributed by atoms with van der Waals surface area (Å²) in [6, 6.07) is 17.0. The molecule has 2 aromatic carbocycles. The molecule has 1 aromatic heterocycles. The van der Waals surface area contributed by atoms with Crippen LogP contribution in [0.25, 0.3) is 5.69 Å². The SMILES string of the molecule is Cc1ccccc1OCC(=O)OCC(=O)Nc1c(C)nn(-c2ccccc2)c1C. The summed E-state index contributed by atoms with van der Waals surface area (Å²) in [6.07, 6.45) is 0. The molecule has 0 saturated carbocycles. The average molecular weight is 393 g/mol. The number of anilines is 1. The molecule has 0 unspecified atom stereocenters. The van der Waals surface area contributed by atoms with Crippen molar-refractivity contribution in [2.24, 2.45) is 0 Å². The highest BCUT2D eigenvalue weighted by molar-refractivity contribution is 5.94. The standard InChI is InChI=1S/C22H23N3O4/c1-15-9-7-8-12-19(15)28-14-21(27)29-13-20(26)23-22-16(2)24-25(17(22)3)18-10-5-4-6-11-18/h4-12H,13-14H2,1-3H3,(H,23,26). The first-order chi connectivity index (χ1) is 14.0. The highest BCUT2D eigenvalue weighted by Gasteiger charge is 2.16. The predicted molar refractivity (Wildman–Crippen MR) is 109 cm³/mol. The van der Waals surface area contributed by atoms with E-state index in [9.17, 15) is 9.59 Å². The zero-order chi connectivity index (χ0) is 20.8. The van der Waals surface area contributed by atoms with Gasteiger partial charge in [-0.05, 0) is 44.5 Å². The van der Waals surface area contributed by atoms with Crippen LogP contribution in [0.3, 0.4) is 0 Å². The Morgan fingerprint density at radius 2 is 1.66 bits per heavy atom. The molecule has 1 N–H and O–H groups in total. The summed E-state index contributed by atoms with van der Waals surface area (Å²) in [5.74, 6) is -0.446. The molecule has 0 fully saturated rings. The highest BCUT2D eigenvalue weighted by atomic mass is 16.6. The van der Waals surface area contributed by atoms with Crippen LogP contribution in [0.4, 0.5) is 5.69 Å². The van der Waals surface area contributed by atoms with Gasteiger partial charge >= 0.3 is 5.97 Å². The molecule has 0 aliphatic rings. The summed E-state index contributed by atoms with van der Waals surface area (Å²) >= 11 is 0. The lowest BCUT2D eigenvalue weighted by atomic mass is 10.2. The number of ether oxygens (including phenoxy) is 2. The first-order valence-corrected chi connectivity index (χ1v) is 9.21. The Balaban J connectivity index is 1.54. The molecule has 1 heterocycles. The third-order valence-electron chi connectivity index (χ3n) is 4.36. The molecule has 0 radical (unpaired) electrons. The van der Waals surface area contributed by atoms with E-state index in [-0.39, 0.29) is 6.61 Å². The van der Waals surface area contributed by atoms with Crippen LogP contribution < -0.4 is 10.1 Å². The number of aromatic nitrogens is 2. The first-order valence-electron chi connectivity index (χ1n) is 9.21. The number of carbonyl (C=O) groups excluding carboxylic acids is 2. The van der Waals surface area contributed by atoms with Crippen molar-refractivity contribution in [3.05, 3.63) is 71.5 Å². The van der Waals surface area contributed by atoms with E-state index in [1.807, 2.05) is 69.3 Å². The Morgan fingerprint density at radius 3 is 2.38 bits per heavy atom. The summed E-state index contributed by atoms with van der Waals surface area (Å²) < 4.78 is 12.2. The van der Waals surface area contributed by atoms with E-state index < -0.39 is 18.5 Å². The number of para-hydroxylation sites is 2. The second-order valence-corrected chi connectivity index (χ2v) is 6.56. The molecular formula is C22H23N3O4. The molecule has 7 nitrogen and oxygen atoms in total. The summed E-state index contributed by atoms with van der Waals surface area (Å²) in [6.45, 7) is 4.90. The predicted octanol–water partition coefficient (Wildman–Crippen LogP) is 3.36. The summed E-state index contributed by atoms with van der Waals surface area (Å²) in [4.78, 5) is 24.1. The number of benzene rings is 2. The zero-order valence-electron chi connectivity index (χ0n) is 16.6. The molecule has 0 atom stereocenters. The molecular weight excluding hydrogens is 370 g/mol. The van der Waals surface area contributed by atoms with Crippen molar-refractivity contribution < 1.29 is 19.1 Å². The van der Waals surface area contributed by atoms with E-state index in [2.05, 4.69) is 10.4 Å².